The largest absolute Gasteiger partial charge is 0.378 e. The summed E-state index contributed by atoms with van der Waals surface area (Å²) in [5.74, 6) is 0.773. The molecule has 1 saturated heterocycles. The van der Waals surface area contributed by atoms with Crippen molar-refractivity contribution in [1.29, 1.82) is 0 Å². The third kappa shape index (κ3) is 2.14. The molecule has 1 rings (SSSR count). The molecule has 1 heterocycles. The molecule has 0 aromatic heterocycles. The second-order valence-corrected chi connectivity index (χ2v) is 3.16. The van der Waals surface area contributed by atoms with E-state index in [-0.39, 0.29) is 0 Å². The first kappa shape index (κ1) is 7.80. The Labute approximate surface area is 63.1 Å². The SMILES string of the molecule is C=CCC[C@H]1C[C@H](C)CO1. The van der Waals surface area contributed by atoms with Crippen LogP contribution >= 0.6 is 0 Å². The molecule has 1 fully saturated rings. The average molecular weight is 140 g/mol. The first-order chi connectivity index (χ1) is 4.83. The lowest BCUT2D eigenvalue weighted by molar-refractivity contribution is 0.102. The van der Waals surface area contributed by atoms with Crippen molar-refractivity contribution in [3.05, 3.63) is 12.7 Å². The summed E-state index contributed by atoms with van der Waals surface area (Å²) in [6.45, 7) is 6.89. The van der Waals surface area contributed by atoms with E-state index in [0.29, 0.717) is 6.10 Å². The Morgan fingerprint density at radius 2 is 2.50 bits per heavy atom. The molecular weight excluding hydrogens is 124 g/mol. The van der Waals surface area contributed by atoms with Crippen molar-refractivity contribution < 1.29 is 4.74 Å². The molecule has 1 nitrogen and oxygen atoms in total. The standard InChI is InChI=1S/C9H16O/c1-3-4-5-9-6-8(2)7-10-9/h3,8-9H,1,4-7H2,2H3/t8-,9-/m0/s1. The smallest absolute Gasteiger partial charge is 0.0581 e. The van der Waals surface area contributed by atoms with Gasteiger partial charge in [0.2, 0.25) is 0 Å². The van der Waals surface area contributed by atoms with E-state index < -0.39 is 0 Å². The Bertz CT molecular complexity index is 109. The van der Waals surface area contributed by atoms with Crippen molar-refractivity contribution in [3.63, 3.8) is 0 Å². The van der Waals surface area contributed by atoms with Crippen LogP contribution < -0.4 is 0 Å². The minimum atomic E-state index is 0.521. The fourth-order valence-corrected chi connectivity index (χ4v) is 1.39. The van der Waals surface area contributed by atoms with Gasteiger partial charge < -0.3 is 4.74 Å². The summed E-state index contributed by atoms with van der Waals surface area (Å²) in [5.41, 5.74) is 0. The predicted molar refractivity (Wildman–Crippen MR) is 43.0 cm³/mol. The molecule has 10 heavy (non-hydrogen) atoms. The summed E-state index contributed by atoms with van der Waals surface area (Å²) in [4.78, 5) is 0. The molecule has 0 bridgehead atoms. The molecule has 1 aliphatic heterocycles. The number of rotatable bonds is 3. The second-order valence-electron chi connectivity index (χ2n) is 3.16. The lowest BCUT2D eigenvalue weighted by atomic mass is 10.1. The van der Waals surface area contributed by atoms with Gasteiger partial charge >= 0.3 is 0 Å². The molecule has 1 heteroatoms. The van der Waals surface area contributed by atoms with E-state index in [2.05, 4.69) is 13.5 Å². The van der Waals surface area contributed by atoms with Crippen LogP contribution in [0.25, 0.3) is 0 Å². The van der Waals surface area contributed by atoms with Gasteiger partial charge in [0, 0.05) is 6.61 Å². The number of hydrogen-bond donors (Lipinski definition) is 0. The van der Waals surface area contributed by atoms with E-state index in [1.807, 2.05) is 6.08 Å². The first-order valence-corrected chi connectivity index (χ1v) is 4.05. The molecule has 0 amide bonds. The maximum absolute atomic E-state index is 5.52. The number of allylic oxidation sites excluding steroid dienone is 1. The monoisotopic (exact) mass is 140 g/mol. The van der Waals surface area contributed by atoms with Crippen LogP contribution in [0, 0.1) is 5.92 Å². The zero-order valence-corrected chi connectivity index (χ0v) is 6.68. The zero-order chi connectivity index (χ0) is 7.40. The van der Waals surface area contributed by atoms with E-state index in [1.54, 1.807) is 0 Å². The lowest BCUT2D eigenvalue weighted by Crippen LogP contribution is -2.03. The van der Waals surface area contributed by atoms with Crippen LogP contribution in [0.2, 0.25) is 0 Å². The summed E-state index contributed by atoms with van der Waals surface area (Å²) < 4.78 is 5.52. The van der Waals surface area contributed by atoms with E-state index in [0.717, 1.165) is 25.4 Å². The van der Waals surface area contributed by atoms with Crippen molar-refractivity contribution >= 4 is 0 Å². The highest BCUT2D eigenvalue weighted by Gasteiger charge is 2.20. The Morgan fingerprint density at radius 1 is 1.70 bits per heavy atom. The highest BCUT2D eigenvalue weighted by Crippen LogP contribution is 2.21. The zero-order valence-electron chi connectivity index (χ0n) is 6.68. The van der Waals surface area contributed by atoms with Gasteiger partial charge in [0.05, 0.1) is 6.10 Å². The third-order valence-electron chi connectivity index (χ3n) is 1.97. The van der Waals surface area contributed by atoms with Crippen LogP contribution in [0.5, 0.6) is 0 Å². The van der Waals surface area contributed by atoms with Gasteiger partial charge in [0.25, 0.3) is 0 Å². The lowest BCUT2D eigenvalue weighted by Gasteiger charge is -2.05. The van der Waals surface area contributed by atoms with Crippen LogP contribution in [0.3, 0.4) is 0 Å². The minimum absolute atomic E-state index is 0.521. The molecule has 2 atom stereocenters. The highest BCUT2D eigenvalue weighted by atomic mass is 16.5. The van der Waals surface area contributed by atoms with Gasteiger partial charge in [0.1, 0.15) is 0 Å². The van der Waals surface area contributed by atoms with Crippen molar-refractivity contribution in [2.75, 3.05) is 6.61 Å². The molecule has 58 valence electrons. The van der Waals surface area contributed by atoms with Gasteiger partial charge in [-0.3, -0.25) is 0 Å². The number of ether oxygens (including phenoxy) is 1. The third-order valence-corrected chi connectivity index (χ3v) is 1.97. The topological polar surface area (TPSA) is 9.23 Å². The molecule has 0 N–H and O–H groups in total. The molecule has 0 aromatic carbocycles. The average Bonchev–Trinajstić information content (AvgIpc) is 2.31. The first-order valence-electron chi connectivity index (χ1n) is 4.05. The van der Waals surface area contributed by atoms with Crippen molar-refractivity contribution in [3.8, 4) is 0 Å². The Morgan fingerprint density at radius 3 is 3.00 bits per heavy atom. The Hall–Kier alpha value is -0.300. The summed E-state index contributed by atoms with van der Waals surface area (Å²) in [6, 6.07) is 0. The van der Waals surface area contributed by atoms with E-state index in [1.165, 1.54) is 6.42 Å². The van der Waals surface area contributed by atoms with Crippen molar-refractivity contribution in [2.24, 2.45) is 5.92 Å². The van der Waals surface area contributed by atoms with E-state index >= 15 is 0 Å². The normalized spacial score (nSPS) is 32.5. The maximum Gasteiger partial charge on any atom is 0.0581 e. The molecule has 0 saturated carbocycles. The molecule has 0 radical (unpaired) electrons. The van der Waals surface area contributed by atoms with Crippen LogP contribution in [0.1, 0.15) is 26.2 Å². The Kier molecular flexibility index (Phi) is 2.94. The number of hydrogen-bond acceptors (Lipinski definition) is 1. The van der Waals surface area contributed by atoms with Crippen LogP contribution in [0.4, 0.5) is 0 Å². The summed E-state index contributed by atoms with van der Waals surface area (Å²) in [5, 5.41) is 0. The van der Waals surface area contributed by atoms with Crippen molar-refractivity contribution in [2.45, 2.75) is 32.3 Å². The molecule has 0 aromatic rings. The van der Waals surface area contributed by atoms with Gasteiger partial charge in [-0.2, -0.15) is 0 Å². The molecule has 0 aliphatic carbocycles. The van der Waals surface area contributed by atoms with Gasteiger partial charge in [-0.05, 0) is 25.2 Å². The van der Waals surface area contributed by atoms with E-state index in [4.69, 9.17) is 4.74 Å². The van der Waals surface area contributed by atoms with Gasteiger partial charge in [0.15, 0.2) is 0 Å². The summed E-state index contributed by atoms with van der Waals surface area (Å²) in [7, 11) is 0. The van der Waals surface area contributed by atoms with Gasteiger partial charge in [-0.1, -0.05) is 13.0 Å². The van der Waals surface area contributed by atoms with Crippen LogP contribution in [-0.2, 0) is 4.74 Å². The fourth-order valence-electron chi connectivity index (χ4n) is 1.39. The van der Waals surface area contributed by atoms with E-state index in [9.17, 15) is 0 Å². The summed E-state index contributed by atoms with van der Waals surface area (Å²) >= 11 is 0. The Balaban J connectivity index is 2.12. The fraction of sp³-hybridized carbons (Fsp3) is 0.778. The predicted octanol–water partition coefficient (Wildman–Crippen LogP) is 2.38. The highest BCUT2D eigenvalue weighted by molar-refractivity contribution is 4.75. The molecular formula is C9H16O. The van der Waals surface area contributed by atoms with Crippen molar-refractivity contribution in [1.82, 2.24) is 0 Å². The quantitative estimate of drug-likeness (QED) is 0.547. The van der Waals surface area contributed by atoms with Gasteiger partial charge in [-0.15, -0.1) is 6.58 Å². The second kappa shape index (κ2) is 3.77. The molecule has 0 unspecified atom stereocenters. The maximum atomic E-state index is 5.52. The molecule has 0 spiro atoms. The molecule has 1 aliphatic rings. The summed E-state index contributed by atoms with van der Waals surface area (Å²) in [6.07, 6.45) is 5.98. The minimum Gasteiger partial charge on any atom is -0.378 e. The van der Waals surface area contributed by atoms with Gasteiger partial charge in [-0.25, -0.2) is 0 Å². The van der Waals surface area contributed by atoms with Crippen LogP contribution in [0.15, 0.2) is 12.7 Å². The van der Waals surface area contributed by atoms with Crippen LogP contribution in [-0.4, -0.2) is 12.7 Å².